The zero-order chi connectivity index (χ0) is 16.1. The number of nitrogens with zero attached hydrogens (tertiary/aromatic N) is 3. The fourth-order valence-corrected chi connectivity index (χ4v) is 1.96. The molecule has 2 aromatic heterocycles. The Bertz CT molecular complexity index is 705. The van der Waals surface area contributed by atoms with E-state index in [1.54, 1.807) is 18.2 Å². The molecule has 2 heterocycles. The maximum absolute atomic E-state index is 12.1. The van der Waals surface area contributed by atoms with Crippen LogP contribution >= 0.6 is 11.6 Å². The summed E-state index contributed by atoms with van der Waals surface area (Å²) in [5, 5.41) is 3.06. The highest BCUT2D eigenvalue weighted by molar-refractivity contribution is 6.30. The van der Waals surface area contributed by atoms with E-state index in [0.717, 1.165) is 5.69 Å². The molecule has 2 aromatic rings. The fraction of sp³-hybridized carbons (Fsp3) is 0.200. The highest BCUT2D eigenvalue weighted by Crippen LogP contribution is 2.10. The van der Waals surface area contributed by atoms with Crippen molar-refractivity contribution in [3.63, 3.8) is 0 Å². The molecule has 0 aliphatic heterocycles. The second-order valence-electron chi connectivity index (χ2n) is 4.73. The van der Waals surface area contributed by atoms with Gasteiger partial charge in [0, 0.05) is 24.0 Å². The summed E-state index contributed by atoms with van der Waals surface area (Å²) in [6.45, 7) is 1.72. The molecule has 0 saturated heterocycles. The van der Waals surface area contributed by atoms with Gasteiger partial charge in [-0.2, -0.15) is 0 Å². The summed E-state index contributed by atoms with van der Waals surface area (Å²) in [6.07, 6.45) is 1.44. The minimum atomic E-state index is -0.380. The van der Waals surface area contributed by atoms with Gasteiger partial charge < -0.3 is 10.2 Å². The van der Waals surface area contributed by atoms with Crippen LogP contribution in [0.5, 0.6) is 0 Å². The van der Waals surface area contributed by atoms with E-state index in [0.29, 0.717) is 10.8 Å². The van der Waals surface area contributed by atoms with Crippen LogP contribution in [0.15, 0.2) is 36.5 Å². The van der Waals surface area contributed by atoms with E-state index in [4.69, 9.17) is 11.6 Å². The van der Waals surface area contributed by atoms with Crippen LogP contribution in [0.25, 0.3) is 0 Å². The molecule has 0 saturated carbocycles. The average molecular weight is 319 g/mol. The van der Waals surface area contributed by atoms with Crippen molar-refractivity contribution >= 4 is 29.2 Å². The maximum atomic E-state index is 12.1. The van der Waals surface area contributed by atoms with E-state index < -0.39 is 0 Å². The minimum absolute atomic E-state index is 0.108. The molecule has 2 rings (SSSR count). The Balaban J connectivity index is 1.97. The van der Waals surface area contributed by atoms with Crippen LogP contribution in [0.2, 0.25) is 5.02 Å². The number of carbonyl (C=O) groups is 2. The van der Waals surface area contributed by atoms with Gasteiger partial charge in [-0.1, -0.05) is 17.7 Å². The first-order valence-electron chi connectivity index (χ1n) is 6.56. The minimum Gasteiger partial charge on any atom is -0.331 e. The number of rotatable bonds is 4. The first-order valence-corrected chi connectivity index (χ1v) is 6.94. The lowest BCUT2D eigenvalue weighted by Crippen LogP contribution is -2.35. The van der Waals surface area contributed by atoms with Crippen LogP contribution in [0.3, 0.4) is 0 Å². The van der Waals surface area contributed by atoms with Crippen molar-refractivity contribution in [3.8, 4) is 0 Å². The highest BCUT2D eigenvalue weighted by atomic mass is 35.5. The lowest BCUT2D eigenvalue weighted by atomic mass is 10.3. The van der Waals surface area contributed by atoms with Gasteiger partial charge in [0.25, 0.3) is 5.91 Å². The topological polar surface area (TPSA) is 75.2 Å². The van der Waals surface area contributed by atoms with E-state index >= 15 is 0 Å². The number of aryl methyl sites for hydroxylation is 1. The molecule has 0 unspecified atom stereocenters. The van der Waals surface area contributed by atoms with Gasteiger partial charge in [-0.25, -0.2) is 4.98 Å². The Labute approximate surface area is 133 Å². The van der Waals surface area contributed by atoms with Crippen molar-refractivity contribution < 1.29 is 9.59 Å². The predicted octanol–water partition coefficient (Wildman–Crippen LogP) is 2.15. The average Bonchev–Trinajstić information content (AvgIpc) is 2.46. The summed E-state index contributed by atoms with van der Waals surface area (Å²) in [5.74, 6) is -0.266. The maximum Gasteiger partial charge on any atom is 0.272 e. The first kappa shape index (κ1) is 15.9. The van der Waals surface area contributed by atoms with E-state index in [-0.39, 0.29) is 24.1 Å². The van der Waals surface area contributed by atoms with Gasteiger partial charge >= 0.3 is 0 Å². The molecule has 0 fully saturated rings. The van der Waals surface area contributed by atoms with Crippen LogP contribution in [-0.4, -0.2) is 40.3 Å². The van der Waals surface area contributed by atoms with Gasteiger partial charge in [0.2, 0.25) is 5.91 Å². The second-order valence-corrected chi connectivity index (χ2v) is 5.17. The highest BCUT2D eigenvalue weighted by Gasteiger charge is 2.16. The number of aromatic nitrogens is 2. The summed E-state index contributed by atoms with van der Waals surface area (Å²) in [5.41, 5.74) is 0.988. The first-order chi connectivity index (χ1) is 10.5. The Kier molecular flexibility index (Phi) is 5.06. The molecule has 0 spiro atoms. The van der Waals surface area contributed by atoms with Crippen molar-refractivity contribution in [1.82, 2.24) is 14.9 Å². The van der Waals surface area contributed by atoms with Crippen LogP contribution in [-0.2, 0) is 4.79 Å². The van der Waals surface area contributed by atoms with E-state index in [1.807, 2.05) is 13.0 Å². The lowest BCUT2D eigenvalue weighted by Gasteiger charge is -2.16. The third-order valence-electron chi connectivity index (χ3n) is 2.82. The van der Waals surface area contributed by atoms with Gasteiger partial charge in [0.15, 0.2) is 0 Å². The summed E-state index contributed by atoms with van der Waals surface area (Å²) in [7, 11) is 1.52. The number of pyridine rings is 2. The summed E-state index contributed by atoms with van der Waals surface area (Å²) < 4.78 is 0. The molecule has 0 radical (unpaired) electrons. The molecule has 0 aliphatic rings. The number of amides is 2. The van der Waals surface area contributed by atoms with E-state index in [1.165, 1.54) is 24.2 Å². The number of carbonyl (C=O) groups excluding carboxylic acids is 2. The molecule has 0 aliphatic carbocycles. The molecule has 0 aromatic carbocycles. The Morgan fingerprint density at radius 3 is 2.77 bits per heavy atom. The van der Waals surface area contributed by atoms with Crippen molar-refractivity contribution in [2.45, 2.75) is 6.92 Å². The monoisotopic (exact) mass is 318 g/mol. The van der Waals surface area contributed by atoms with Gasteiger partial charge in [0.1, 0.15) is 11.5 Å². The zero-order valence-corrected chi connectivity index (χ0v) is 13.0. The predicted molar refractivity (Wildman–Crippen MR) is 83.8 cm³/mol. The molecular formula is C15H15ClN4O2. The van der Waals surface area contributed by atoms with Crippen LogP contribution in [0.4, 0.5) is 5.82 Å². The molecule has 2 amide bonds. The standard InChI is InChI=1S/C15H15ClN4O2/c1-10-4-3-5-13(18-10)19-14(21)9-20(2)15(22)12-8-11(16)6-7-17-12/h3-8H,9H2,1-2H3,(H,18,19,21). The molecular weight excluding hydrogens is 304 g/mol. The van der Waals surface area contributed by atoms with Gasteiger partial charge in [-0.15, -0.1) is 0 Å². The number of hydrogen-bond donors (Lipinski definition) is 1. The Morgan fingerprint density at radius 2 is 2.09 bits per heavy atom. The third-order valence-corrected chi connectivity index (χ3v) is 3.06. The number of likely N-dealkylation sites (N-methyl/N-ethyl adjacent to an activating group) is 1. The molecule has 22 heavy (non-hydrogen) atoms. The zero-order valence-electron chi connectivity index (χ0n) is 12.2. The molecule has 114 valence electrons. The van der Waals surface area contributed by atoms with E-state index in [2.05, 4.69) is 15.3 Å². The largest absolute Gasteiger partial charge is 0.331 e. The third kappa shape index (κ3) is 4.26. The van der Waals surface area contributed by atoms with Crippen LogP contribution in [0.1, 0.15) is 16.2 Å². The van der Waals surface area contributed by atoms with Gasteiger partial charge in [-0.05, 0) is 31.2 Å². The smallest absolute Gasteiger partial charge is 0.272 e. The summed E-state index contributed by atoms with van der Waals surface area (Å²) >= 11 is 5.82. The van der Waals surface area contributed by atoms with Crippen LogP contribution in [0, 0.1) is 6.92 Å². The van der Waals surface area contributed by atoms with Crippen molar-refractivity contribution in [2.75, 3.05) is 18.9 Å². The number of nitrogens with one attached hydrogen (secondary N) is 1. The van der Waals surface area contributed by atoms with Crippen molar-refractivity contribution in [3.05, 3.63) is 52.9 Å². The molecule has 1 N–H and O–H groups in total. The Morgan fingerprint density at radius 1 is 1.32 bits per heavy atom. The number of anilines is 1. The van der Waals surface area contributed by atoms with Gasteiger partial charge in [0.05, 0.1) is 6.54 Å². The van der Waals surface area contributed by atoms with Crippen LogP contribution < -0.4 is 5.32 Å². The quantitative estimate of drug-likeness (QED) is 0.937. The SMILES string of the molecule is Cc1cccc(NC(=O)CN(C)C(=O)c2cc(Cl)ccn2)n1. The second kappa shape index (κ2) is 7.00. The molecule has 7 heteroatoms. The molecule has 6 nitrogen and oxygen atoms in total. The van der Waals surface area contributed by atoms with Crippen molar-refractivity contribution in [1.29, 1.82) is 0 Å². The molecule has 0 atom stereocenters. The fourth-order valence-electron chi connectivity index (χ4n) is 1.80. The summed E-state index contributed by atoms with van der Waals surface area (Å²) in [4.78, 5) is 33.5. The molecule has 0 bridgehead atoms. The Hall–Kier alpha value is -2.47. The van der Waals surface area contributed by atoms with E-state index in [9.17, 15) is 9.59 Å². The normalized spacial score (nSPS) is 10.1. The van der Waals surface area contributed by atoms with Crippen molar-refractivity contribution in [2.24, 2.45) is 0 Å². The summed E-state index contributed by atoms with van der Waals surface area (Å²) in [6, 6.07) is 8.35. The lowest BCUT2D eigenvalue weighted by molar-refractivity contribution is -0.116. The van der Waals surface area contributed by atoms with Gasteiger partial charge in [-0.3, -0.25) is 14.6 Å². The number of halogens is 1. The number of hydrogen-bond acceptors (Lipinski definition) is 4.